The Morgan fingerprint density at radius 3 is 2.17 bits per heavy atom. The zero-order valence-electron chi connectivity index (χ0n) is 6.96. The summed E-state index contributed by atoms with van der Waals surface area (Å²) in [5, 5.41) is 0. The van der Waals surface area contributed by atoms with E-state index in [0.29, 0.717) is 0 Å². The highest BCUT2D eigenvalue weighted by Gasteiger charge is 2.02. The Kier molecular flexibility index (Phi) is 3.70. The molecule has 0 atom stereocenters. The van der Waals surface area contributed by atoms with Gasteiger partial charge in [0, 0.05) is 11.1 Å². The molecule has 3 nitrogen and oxygen atoms in total. The van der Waals surface area contributed by atoms with E-state index in [2.05, 4.69) is 13.2 Å². The van der Waals surface area contributed by atoms with Crippen LogP contribution in [0.3, 0.4) is 0 Å². The maximum absolute atomic E-state index is 10.7. The van der Waals surface area contributed by atoms with E-state index in [9.17, 15) is 9.59 Å². The molecule has 0 fully saturated rings. The predicted molar refractivity (Wildman–Crippen MR) is 47.3 cm³/mol. The first-order valence-corrected chi connectivity index (χ1v) is 3.32. The topological polar surface area (TPSA) is 60.2 Å². The van der Waals surface area contributed by atoms with Crippen LogP contribution < -0.4 is 5.73 Å². The monoisotopic (exact) mass is 165 g/mol. The largest absolute Gasteiger partial charge is 0.366 e. The summed E-state index contributed by atoms with van der Waals surface area (Å²) in [6.07, 6.45) is 2.61. The number of carbonyl (C=O) groups is 2. The Hall–Kier alpha value is -1.64. The number of rotatable bonds is 4. The molecule has 0 aromatic carbocycles. The maximum Gasteiger partial charge on any atom is 0.248 e. The lowest BCUT2D eigenvalue weighted by atomic mass is 10.1. The third kappa shape index (κ3) is 2.96. The predicted octanol–water partition coefficient (Wildman–Crippen LogP) is 0.729. The van der Waals surface area contributed by atoms with E-state index in [1.165, 1.54) is 19.1 Å². The van der Waals surface area contributed by atoms with Crippen molar-refractivity contribution < 1.29 is 9.59 Å². The first kappa shape index (κ1) is 10.4. The van der Waals surface area contributed by atoms with Crippen LogP contribution in [0.1, 0.15) is 6.92 Å². The van der Waals surface area contributed by atoms with Gasteiger partial charge in [0.25, 0.3) is 0 Å². The van der Waals surface area contributed by atoms with E-state index < -0.39 is 5.91 Å². The van der Waals surface area contributed by atoms with Gasteiger partial charge in [-0.2, -0.15) is 0 Å². The van der Waals surface area contributed by atoms with Gasteiger partial charge in [0.05, 0.1) is 0 Å². The van der Waals surface area contributed by atoms with Gasteiger partial charge in [-0.05, 0) is 13.0 Å². The molecular weight excluding hydrogens is 154 g/mol. The number of Topliss-reactive ketones (excluding diaryl/α,β-unsaturated/α-hetero) is 1. The van der Waals surface area contributed by atoms with Crippen molar-refractivity contribution in [2.45, 2.75) is 6.92 Å². The van der Waals surface area contributed by atoms with Crippen LogP contribution in [0.2, 0.25) is 0 Å². The number of hydrogen-bond donors (Lipinski definition) is 1. The molecule has 0 unspecified atom stereocenters. The van der Waals surface area contributed by atoms with Gasteiger partial charge >= 0.3 is 0 Å². The minimum Gasteiger partial charge on any atom is -0.366 e. The molecule has 2 N–H and O–H groups in total. The quantitative estimate of drug-likeness (QED) is 0.493. The lowest BCUT2D eigenvalue weighted by Crippen LogP contribution is -2.12. The fourth-order valence-electron chi connectivity index (χ4n) is 0.520. The number of ketones is 1. The maximum atomic E-state index is 10.7. The SMILES string of the molecule is C=C/C(=C\C(=C)C(C)=O)C(N)=O. The minimum absolute atomic E-state index is 0.190. The van der Waals surface area contributed by atoms with Crippen molar-refractivity contribution in [3.05, 3.63) is 36.5 Å². The Bertz CT molecular complexity index is 274. The molecule has 0 rings (SSSR count). The van der Waals surface area contributed by atoms with Crippen LogP contribution in [0.25, 0.3) is 0 Å². The standard InChI is InChI=1S/C9H11NO2/c1-4-8(9(10)12)5-6(2)7(3)11/h4-5H,1-2H2,3H3,(H2,10,12)/b8-5+. The van der Waals surface area contributed by atoms with Crippen LogP contribution in [0.4, 0.5) is 0 Å². The second-order valence-electron chi connectivity index (χ2n) is 2.25. The molecule has 0 spiro atoms. The molecule has 64 valence electrons. The summed E-state index contributed by atoms with van der Waals surface area (Å²) in [7, 11) is 0. The highest BCUT2D eigenvalue weighted by atomic mass is 16.1. The lowest BCUT2D eigenvalue weighted by Gasteiger charge is -1.95. The van der Waals surface area contributed by atoms with Gasteiger partial charge in [-0.25, -0.2) is 0 Å². The van der Waals surface area contributed by atoms with Crippen molar-refractivity contribution >= 4 is 11.7 Å². The van der Waals surface area contributed by atoms with Crippen LogP contribution in [0.15, 0.2) is 36.5 Å². The van der Waals surface area contributed by atoms with Crippen LogP contribution in [0, 0.1) is 0 Å². The Balaban J connectivity index is 4.72. The zero-order chi connectivity index (χ0) is 9.72. The molecule has 0 saturated carbocycles. The molecule has 12 heavy (non-hydrogen) atoms. The molecule has 0 aliphatic heterocycles. The molecule has 0 saturated heterocycles. The molecule has 0 radical (unpaired) electrons. The van der Waals surface area contributed by atoms with Gasteiger partial charge < -0.3 is 5.73 Å². The van der Waals surface area contributed by atoms with Crippen LogP contribution in [-0.2, 0) is 9.59 Å². The molecule has 3 heteroatoms. The highest BCUT2D eigenvalue weighted by Crippen LogP contribution is 2.02. The van der Waals surface area contributed by atoms with Gasteiger partial charge in [0.1, 0.15) is 0 Å². The number of nitrogens with two attached hydrogens (primary N) is 1. The zero-order valence-corrected chi connectivity index (χ0v) is 6.96. The normalized spacial score (nSPS) is 10.6. The molecule has 0 aliphatic carbocycles. The van der Waals surface area contributed by atoms with Gasteiger partial charge in [0.2, 0.25) is 5.91 Å². The van der Waals surface area contributed by atoms with Crippen LogP contribution >= 0.6 is 0 Å². The molecule has 0 heterocycles. The van der Waals surface area contributed by atoms with Crippen molar-refractivity contribution in [3.63, 3.8) is 0 Å². The summed E-state index contributed by atoms with van der Waals surface area (Å²) in [6.45, 7) is 8.18. The van der Waals surface area contributed by atoms with Crippen molar-refractivity contribution in [1.29, 1.82) is 0 Å². The number of primary amides is 1. The summed E-state index contributed by atoms with van der Waals surface area (Å²) >= 11 is 0. The fraction of sp³-hybridized carbons (Fsp3) is 0.111. The Morgan fingerprint density at radius 1 is 1.42 bits per heavy atom. The van der Waals surface area contributed by atoms with Gasteiger partial charge in [0.15, 0.2) is 5.78 Å². The lowest BCUT2D eigenvalue weighted by molar-refractivity contribution is -0.114. The molecule has 0 aromatic rings. The third-order valence-corrected chi connectivity index (χ3v) is 1.29. The van der Waals surface area contributed by atoms with E-state index in [1.54, 1.807) is 0 Å². The van der Waals surface area contributed by atoms with E-state index in [-0.39, 0.29) is 16.9 Å². The van der Waals surface area contributed by atoms with Gasteiger partial charge in [-0.15, -0.1) is 0 Å². The second-order valence-corrected chi connectivity index (χ2v) is 2.25. The van der Waals surface area contributed by atoms with E-state index >= 15 is 0 Å². The van der Waals surface area contributed by atoms with Crippen molar-refractivity contribution in [2.24, 2.45) is 5.73 Å². The summed E-state index contributed by atoms with van der Waals surface area (Å²) in [6, 6.07) is 0. The smallest absolute Gasteiger partial charge is 0.248 e. The molecule has 0 aromatic heterocycles. The highest BCUT2D eigenvalue weighted by molar-refractivity contribution is 6.00. The Labute approximate surface area is 71.3 Å². The number of carbonyl (C=O) groups excluding carboxylic acids is 2. The third-order valence-electron chi connectivity index (χ3n) is 1.29. The average molecular weight is 165 g/mol. The average Bonchev–Trinajstić information content (AvgIpc) is 1.98. The summed E-state index contributed by atoms with van der Waals surface area (Å²) in [5.41, 5.74) is 5.39. The number of hydrogen-bond acceptors (Lipinski definition) is 2. The molecule has 0 bridgehead atoms. The molecule has 0 aliphatic rings. The van der Waals surface area contributed by atoms with Crippen LogP contribution in [-0.4, -0.2) is 11.7 Å². The fourth-order valence-corrected chi connectivity index (χ4v) is 0.520. The molecular formula is C9H11NO2. The van der Waals surface area contributed by atoms with E-state index in [0.717, 1.165) is 0 Å². The minimum atomic E-state index is -0.618. The molecule has 1 amide bonds. The number of amides is 1. The van der Waals surface area contributed by atoms with Gasteiger partial charge in [-0.3, -0.25) is 9.59 Å². The van der Waals surface area contributed by atoms with E-state index in [4.69, 9.17) is 5.73 Å². The van der Waals surface area contributed by atoms with Crippen molar-refractivity contribution in [3.8, 4) is 0 Å². The summed E-state index contributed by atoms with van der Waals surface area (Å²) < 4.78 is 0. The Morgan fingerprint density at radius 2 is 1.92 bits per heavy atom. The second kappa shape index (κ2) is 4.28. The van der Waals surface area contributed by atoms with Crippen molar-refractivity contribution in [1.82, 2.24) is 0 Å². The van der Waals surface area contributed by atoms with Crippen LogP contribution in [0.5, 0.6) is 0 Å². The van der Waals surface area contributed by atoms with E-state index in [1.807, 2.05) is 0 Å². The summed E-state index contributed by atoms with van der Waals surface area (Å²) in [5.74, 6) is -0.817. The van der Waals surface area contributed by atoms with Crippen molar-refractivity contribution in [2.75, 3.05) is 0 Å². The van der Waals surface area contributed by atoms with Gasteiger partial charge in [-0.1, -0.05) is 19.2 Å². The first-order chi connectivity index (χ1) is 5.49. The first-order valence-electron chi connectivity index (χ1n) is 3.32. The summed E-state index contributed by atoms with van der Waals surface area (Å²) in [4.78, 5) is 21.3. The number of allylic oxidation sites excluding steroid dienone is 2.